The fourth-order valence-electron chi connectivity index (χ4n) is 3.46. The number of aliphatic imine (C=N–C) groups is 1. The predicted octanol–water partition coefficient (Wildman–Crippen LogP) is 4.03. The zero-order valence-electron chi connectivity index (χ0n) is 17.6. The maximum Gasteiger partial charge on any atom is 0.251 e. The van der Waals surface area contributed by atoms with Gasteiger partial charge in [0.1, 0.15) is 0 Å². The number of amides is 1. The molecule has 0 aliphatic carbocycles. The van der Waals surface area contributed by atoms with Gasteiger partial charge in [-0.2, -0.15) is 0 Å². The van der Waals surface area contributed by atoms with E-state index in [0.29, 0.717) is 24.6 Å². The first-order valence-corrected chi connectivity index (χ1v) is 11.1. The molecule has 5 nitrogen and oxygen atoms in total. The third-order valence-electron chi connectivity index (χ3n) is 5.00. The van der Waals surface area contributed by atoms with Crippen molar-refractivity contribution in [3.8, 4) is 0 Å². The molecule has 1 unspecified atom stereocenters. The van der Waals surface area contributed by atoms with Gasteiger partial charge in [-0.3, -0.25) is 9.79 Å². The smallest absolute Gasteiger partial charge is 0.251 e. The van der Waals surface area contributed by atoms with Crippen molar-refractivity contribution in [3.63, 3.8) is 0 Å². The van der Waals surface area contributed by atoms with Crippen LogP contribution in [0.15, 0.2) is 64.5 Å². The number of thioether (sulfide) groups is 1. The molecule has 0 radical (unpaired) electrons. The highest BCUT2D eigenvalue weighted by molar-refractivity contribution is 14.0. The van der Waals surface area contributed by atoms with Crippen molar-refractivity contribution >= 4 is 47.6 Å². The van der Waals surface area contributed by atoms with Crippen LogP contribution in [0.1, 0.15) is 22.3 Å². The summed E-state index contributed by atoms with van der Waals surface area (Å²) < 4.78 is 0. The second-order valence-electron chi connectivity index (χ2n) is 7.32. The van der Waals surface area contributed by atoms with Gasteiger partial charge in [0.2, 0.25) is 0 Å². The van der Waals surface area contributed by atoms with Crippen molar-refractivity contribution in [2.45, 2.75) is 18.2 Å². The van der Waals surface area contributed by atoms with Gasteiger partial charge in [-0.05, 0) is 43.5 Å². The molecule has 0 bridgehead atoms. The van der Waals surface area contributed by atoms with E-state index in [-0.39, 0.29) is 29.9 Å². The number of likely N-dealkylation sites (tertiary alicyclic amines) is 1. The molecule has 1 atom stereocenters. The van der Waals surface area contributed by atoms with Gasteiger partial charge in [-0.25, -0.2) is 0 Å². The minimum atomic E-state index is -0.0374. The molecular formula is C23H31IN4OS. The first kappa shape index (κ1) is 24.5. The number of aryl methyl sites for hydroxylation is 1. The molecule has 2 aromatic rings. The third-order valence-corrected chi connectivity index (χ3v) is 6.24. The van der Waals surface area contributed by atoms with Crippen molar-refractivity contribution in [1.82, 2.24) is 15.5 Å². The molecule has 0 saturated carbocycles. The Morgan fingerprint density at radius 3 is 2.63 bits per heavy atom. The van der Waals surface area contributed by atoms with E-state index in [1.165, 1.54) is 11.3 Å². The van der Waals surface area contributed by atoms with Crippen molar-refractivity contribution in [1.29, 1.82) is 0 Å². The fraction of sp³-hybridized carbons (Fsp3) is 0.391. The van der Waals surface area contributed by atoms with Gasteiger partial charge in [0, 0.05) is 49.4 Å². The zero-order chi connectivity index (χ0) is 20.5. The van der Waals surface area contributed by atoms with Gasteiger partial charge < -0.3 is 15.5 Å². The van der Waals surface area contributed by atoms with Crippen LogP contribution in [0, 0.1) is 12.8 Å². The quantitative estimate of drug-likeness (QED) is 0.184. The van der Waals surface area contributed by atoms with Crippen LogP contribution in [0.25, 0.3) is 0 Å². The van der Waals surface area contributed by atoms with Crippen molar-refractivity contribution in [2.24, 2.45) is 10.9 Å². The predicted molar refractivity (Wildman–Crippen MR) is 137 cm³/mol. The highest BCUT2D eigenvalue weighted by Gasteiger charge is 2.24. The number of rotatable bonds is 7. The lowest BCUT2D eigenvalue weighted by atomic mass is 10.1. The van der Waals surface area contributed by atoms with E-state index in [2.05, 4.69) is 50.9 Å². The number of nitrogens with zero attached hydrogens (tertiary/aromatic N) is 2. The molecule has 30 heavy (non-hydrogen) atoms. The summed E-state index contributed by atoms with van der Waals surface area (Å²) in [7, 11) is 1.82. The van der Waals surface area contributed by atoms with E-state index >= 15 is 0 Å². The number of nitrogens with one attached hydrogen (secondary N) is 2. The minimum absolute atomic E-state index is 0. The Balaban J connectivity index is 0.00000320. The molecule has 1 saturated heterocycles. The zero-order valence-corrected chi connectivity index (χ0v) is 20.8. The molecular weight excluding hydrogens is 507 g/mol. The van der Waals surface area contributed by atoms with Crippen LogP contribution < -0.4 is 10.6 Å². The Hall–Kier alpha value is -1.74. The van der Waals surface area contributed by atoms with Gasteiger partial charge in [0.05, 0.1) is 0 Å². The Morgan fingerprint density at radius 2 is 1.90 bits per heavy atom. The molecule has 1 aliphatic heterocycles. The topological polar surface area (TPSA) is 56.7 Å². The lowest BCUT2D eigenvalue weighted by Crippen LogP contribution is -2.43. The van der Waals surface area contributed by atoms with Crippen molar-refractivity contribution in [2.75, 3.05) is 39.0 Å². The van der Waals surface area contributed by atoms with Gasteiger partial charge in [-0.15, -0.1) is 35.7 Å². The van der Waals surface area contributed by atoms with Crippen LogP contribution in [-0.2, 0) is 0 Å². The van der Waals surface area contributed by atoms with E-state index in [1.807, 2.05) is 50.0 Å². The second kappa shape index (κ2) is 12.8. The number of hydrogen-bond acceptors (Lipinski definition) is 3. The van der Waals surface area contributed by atoms with E-state index in [4.69, 9.17) is 0 Å². The molecule has 7 heteroatoms. The van der Waals surface area contributed by atoms with Gasteiger partial charge >= 0.3 is 0 Å². The summed E-state index contributed by atoms with van der Waals surface area (Å²) in [5.41, 5.74) is 1.79. The van der Waals surface area contributed by atoms with E-state index < -0.39 is 0 Å². The Morgan fingerprint density at radius 1 is 1.13 bits per heavy atom. The van der Waals surface area contributed by atoms with E-state index in [9.17, 15) is 4.79 Å². The average molecular weight is 538 g/mol. The van der Waals surface area contributed by atoms with Crippen LogP contribution in [0.5, 0.6) is 0 Å². The lowest BCUT2D eigenvalue weighted by molar-refractivity contribution is 0.0954. The van der Waals surface area contributed by atoms with E-state index in [1.54, 1.807) is 0 Å². The van der Waals surface area contributed by atoms with Gasteiger partial charge in [-0.1, -0.05) is 35.9 Å². The van der Waals surface area contributed by atoms with Crippen LogP contribution in [0.4, 0.5) is 0 Å². The summed E-state index contributed by atoms with van der Waals surface area (Å²) in [4.78, 5) is 20.3. The number of halogens is 1. The molecule has 162 valence electrons. The molecule has 1 aliphatic rings. The number of carbonyl (C=O) groups is 1. The highest BCUT2D eigenvalue weighted by Crippen LogP contribution is 2.25. The van der Waals surface area contributed by atoms with E-state index in [0.717, 1.165) is 30.4 Å². The van der Waals surface area contributed by atoms with Crippen molar-refractivity contribution < 1.29 is 4.79 Å². The molecule has 1 fully saturated rings. The number of guanidine groups is 1. The minimum Gasteiger partial charge on any atom is -0.354 e. The number of carbonyl (C=O) groups excluding carboxylic acids is 1. The van der Waals surface area contributed by atoms with Crippen LogP contribution in [0.3, 0.4) is 0 Å². The molecule has 0 aromatic heterocycles. The first-order chi connectivity index (χ1) is 14.2. The van der Waals surface area contributed by atoms with Gasteiger partial charge in [0.15, 0.2) is 5.96 Å². The Bertz CT molecular complexity index is 831. The summed E-state index contributed by atoms with van der Waals surface area (Å²) in [5.74, 6) is 2.68. The maximum absolute atomic E-state index is 12.2. The van der Waals surface area contributed by atoms with Crippen molar-refractivity contribution in [3.05, 3.63) is 65.7 Å². The SMILES string of the molecule is CN=C(NCCNC(=O)c1cccc(C)c1)N1CCC(CSc2ccccc2)C1.I. The standard InChI is InChI=1S/C23H30N4OS.HI/c1-18-7-6-8-20(15-18)22(28)25-12-13-26-23(24-2)27-14-11-19(16-27)17-29-21-9-4-3-5-10-21;/h3-10,15,19H,11-14,16-17H2,1-2H3,(H,24,26)(H,25,28);1H. The highest BCUT2D eigenvalue weighted by atomic mass is 127. The monoisotopic (exact) mass is 538 g/mol. The summed E-state index contributed by atoms with van der Waals surface area (Å²) in [6.07, 6.45) is 1.19. The fourth-order valence-corrected chi connectivity index (χ4v) is 4.51. The Labute approximate surface area is 201 Å². The molecule has 1 heterocycles. The third kappa shape index (κ3) is 7.50. The number of hydrogen-bond donors (Lipinski definition) is 2. The maximum atomic E-state index is 12.2. The summed E-state index contributed by atoms with van der Waals surface area (Å²) in [6.45, 7) is 5.26. The summed E-state index contributed by atoms with van der Waals surface area (Å²) in [6, 6.07) is 18.2. The lowest BCUT2D eigenvalue weighted by Gasteiger charge is -2.21. The molecule has 0 spiro atoms. The van der Waals surface area contributed by atoms with Crippen LogP contribution in [0.2, 0.25) is 0 Å². The van der Waals surface area contributed by atoms with Crippen LogP contribution >= 0.6 is 35.7 Å². The largest absolute Gasteiger partial charge is 0.354 e. The average Bonchev–Trinajstić information content (AvgIpc) is 3.21. The summed E-state index contributed by atoms with van der Waals surface area (Å²) in [5, 5.41) is 6.34. The molecule has 2 N–H and O–H groups in total. The molecule has 3 rings (SSSR count). The molecule has 1 amide bonds. The normalized spacial score (nSPS) is 16.1. The Kier molecular flexibility index (Phi) is 10.5. The summed E-state index contributed by atoms with van der Waals surface area (Å²) >= 11 is 1.93. The number of benzene rings is 2. The molecule has 2 aromatic carbocycles. The first-order valence-electron chi connectivity index (χ1n) is 10.1. The van der Waals surface area contributed by atoms with Crippen LogP contribution in [-0.4, -0.2) is 55.7 Å². The van der Waals surface area contributed by atoms with Gasteiger partial charge in [0.25, 0.3) is 5.91 Å². The second-order valence-corrected chi connectivity index (χ2v) is 8.42.